The molecule has 1 fully saturated rings. The van der Waals surface area contributed by atoms with Gasteiger partial charge in [-0.05, 0) is 37.1 Å². The van der Waals surface area contributed by atoms with Gasteiger partial charge in [0.1, 0.15) is 0 Å². The molecule has 3 rings (SSSR count). The van der Waals surface area contributed by atoms with Crippen molar-refractivity contribution < 1.29 is 14.3 Å². The molecule has 104 valence electrons. The van der Waals surface area contributed by atoms with Gasteiger partial charge >= 0.3 is 0 Å². The van der Waals surface area contributed by atoms with Crippen molar-refractivity contribution in [1.82, 2.24) is 15.1 Å². The van der Waals surface area contributed by atoms with Crippen LogP contribution in [0.5, 0.6) is 0 Å². The van der Waals surface area contributed by atoms with E-state index in [4.69, 9.17) is 4.42 Å². The Hall–Kier alpha value is -2.21. The van der Waals surface area contributed by atoms with Crippen LogP contribution in [0.4, 0.5) is 0 Å². The molecule has 6 nitrogen and oxygen atoms in total. The highest BCUT2D eigenvalue weighted by Gasteiger charge is 2.23. The topological polar surface area (TPSA) is 79.5 Å². The molecule has 2 heterocycles. The number of aliphatic hydroxyl groups excluding tert-OH is 1. The van der Waals surface area contributed by atoms with Crippen LogP contribution >= 0.6 is 0 Å². The highest BCUT2D eigenvalue weighted by atomic mass is 16.4. The number of piperidine rings is 1. The molecule has 6 heteroatoms. The Morgan fingerprint density at radius 2 is 2.15 bits per heavy atom. The van der Waals surface area contributed by atoms with Gasteiger partial charge < -0.3 is 14.4 Å². The molecule has 1 unspecified atom stereocenters. The van der Waals surface area contributed by atoms with Gasteiger partial charge in [-0.25, -0.2) is 0 Å². The maximum absolute atomic E-state index is 12.3. The van der Waals surface area contributed by atoms with Crippen LogP contribution in [-0.2, 0) is 0 Å². The second kappa shape index (κ2) is 5.42. The molecule has 0 radical (unpaired) electrons. The first-order valence-electron chi connectivity index (χ1n) is 6.58. The third-order valence-corrected chi connectivity index (χ3v) is 3.42. The molecule has 0 spiro atoms. The highest BCUT2D eigenvalue weighted by Crippen LogP contribution is 2.19. The molecule has 1 aromatic carbocycles. The van der Waals surface area contributed by atoms with Crippen LogP contribution in [0.3, 0.4) is 0 Å². The smallest absolute Gasteiger partial charge is 0.253 e. The van der Waals surface area contributed by atoms with Crippen molar-refractivity contribution in [3.63, 3.8) is 0 Å². The third kappa shape index (κ3) is 2.55. The summed E-state index contributed by atoms with van der Waals surface area (Å²) in [5.74, 6) is 0.373. The Balaban J connectivity index is 1.75. The van der Waals surface area contributed by atoms with Crippen molar-refractivity contribution >= 4 is 5.91 Å². The van der Waals surface area contributed by atoms with Crippen molar-refractivity contribution in [2.75, 3.05) is 13.1 Å². The summed E-state index contributed by atoms with van der Waals surface area (Å²) in [6.07, 6.45) is 2.46. The lowest BCUT2D eigenvalue weighted by Gasteiger charge is -2.30. The number of hydrogen-bond donors (Lipinski definition) is 1. The molecule has 0 bridgehead atoms. The van der Waals surface area contributed by atoms with Gasteiger partial charge in [0.15, 0.2) is 0 Å². The summed E-state index contributed by atoms with van der Waals surface area (Å²) >= 11 is 0. The van der Waals surface area contributed by atoms with Crippen LogP contribution < -0.4 is 0 Å². The zero-order chi connectivity index (χ0) is 13.9. The van der Waals surface area contributed by atoms with Gasteiger partial charge in [0.05, 0.1) is 6.10 Å². The molecular weight excluding hydrogens is 258 g/mol. The summed E-state index contributed by atoms with van der Waals surface area (Å²) in [6, 6.07) is 7.04. The molecular formula is C14H15N3O3. The Labute approximate surface area is 116 Å². The average Bonchev–Trinajstić information content (AvgIpc) is 3.01. The van der Waals surface area contributed by atoms with E-state index in [1.807, 2.05) is 0 Å². The second-order valence-corrected chi connectivity index (χ2v) is 4.87. The van der Waals surface area contributed by atoms with Crippen LogP contribution in [0, 0.1) is 0 Å². The van der Waals surface area contributed by atoms with Crippen molar-refractivity contribution in [2.45, 2.75) is 18.9 Å². The predicted octanol–water partition coefficient (Wildman–Crippen LogP) is 1.33. The van der Waals surface area contributed by atoms with Gasteiger partial charge in [-0.2, -0.15) is 0 Å². The van der Waals surface area contributed by atoms with E-state index >= 15 is 0 Å². The van der Waals surface area contributed by atoms with Gasteiger partial charge in [-0.15, -0.1) is 10.2 Å². The van der Waals surface area contributed by atoms with E-state index in [0.717, 1.165) is 18.4 Å². The number of amides is 1. The number of carbonyl (C=O) groups excluding carboxylic acids is 1. The van der Waals surface area contributed by atoms with E-state index in [1.165, 1.54) is 6.39 Å². The van der Waals surface area contributed by atoms with Crippen LogP contribution in [0.2, 0.25) is 0 Å². The number of hydrogen-bond acceptors (Lipinski definition) is 5. The van der Waals surface area contributed by atoms with Gasteiger partial charge in [-0.1, -0.05) is 0 Å². The van der Waals surface area contributed by atoms with Crippen molar-refractivity contribution in [3.05, 3.63) is 36.2 Å². The number of rotatable bonds is 2. The molecule has 1 saturated heterocycles. The largest absolute Gasteiger partial charge is 0.423 e. The van der Waals surface area contributed by atoms with Crippen molar-refractivity contribution in [1.29, 1.82) is 0 Å². The number of nitrogens with zero attached hydrogens (tertiary/aromatic N) is 3. The maximum atomic E-state index is 12.3. The first-order valence-corrected chi connectivity index (χ1v) is 6.58. The number of aromatic nitrogens is 2. The molecule has 1 amide bonds. The number of carbonyl (C=O) groups is 1. The number of aliphatic hydroxyl groups is 1. The lowest BCUT2D eigenvalue weighted by Crippen LogP contribution is -2.42. The van der Waals surface area contributed by atoms with Gasteiger partial charge in [0.2, 0.25) is 12.3 Å². The minimum atomic E-state index is -0.412. The molecule has 1 aromatic heterocycles. The SMILES string of the molecule is O=C(c1ccc(-c2nnco2)cc1)N1CCCC(O)C1. The number of likely N-dealkylation sites (tertiary alicyclic amines) is 1. The Morgan fingerprint density at radius 1 is 1.35 bits per heavy atom. The maximum Gasteiger partial charge on any atom is 0.253 e. The van der Waals surface area contributed by atoms with E-state index in [0.29, 0.717) is 24.5 Å². The van der Waals surface area contributed by atoms with E-state index in [-0.39, 0.29) is 5.91 Å². The Morgan fingerprint density at radius 3 is 2.80 bits per heavy atom. The van der Waals surface area contributed by atoms with Gasteiger partial charge in [0.25, 0.3) is 5.91 Å². The molecule has 1 N–H and O–H groups in total. The lowest BCUT2D eigenvalue weighted by atomic mass is 10.1. The highest BCUT2D eigenvalue weighted by molar-refractivity contribution is 5.94. The zero-order valence-corrected chi connectivity index (χ0v) is 10.9. The van der Waals surface area contributed by atoms with Crippen LogP contribution in [0.1, 0.15) is 23.2 Å². The lowest BCUT2D eigenvalue weighted by molar-refractivity contribution is 0.0474. The zero-order valence-electron chi connectivity index (χ0n) is 10.9. The van der Waals surface area contributed by atoms with E-state index in [1.54, 1.807) is 29.2 Å². The summed E-state index contributed by atoms with van der Waals surface area (Å²) in [5.41, 5.74) is 1.38. The molecule has 0 aliphatic carbocycles. The van der Waals surface area contributed by atoms with Crippen molar-refractivity contribution in [3.8, 4) is 11.5 Å². The standard InChI is InChI=1S/C14H15N3O3/c18-12-2-1-7-17(8-12)14(19)11-5-3-10(4-6-11)13-16-15-9-20-13/h3-6,9,12,18H,1-2,7-8H2. The summed E-state index contributed by atoms with van der Waals surface area (Å²) in [6.45, 7) is 1.10. The fourth-order valence-corrected chi connectivity index (χ4v) is 2.38. The average molecular weight is 273 g/mol. The monoisotopic (exact) mass is 273 g/mol. The second-order valence-electron chi connectivity index (χ2n) is 4.87. The summed E-state index contributed by atoms with van der Waals surface area (Å²) in [7, 11) is 0. The fourth-order valence-electron chi connectivity index (χ4n) is 2.38. The van der Waals surface area contributed by atoms with Crippen LogP contribution in [0.25, 0.3) is 11.5 Å². The van der Waals surface area contributed by atoms with Crippen molar-refractivity contribution in [2.24, 2.45) is 0 Å². The molecule has 1 aliphatic heterocycles. The summed E-state index contributed by atoms with van der Waals surface area (Å²) in [4.78, 5) is 14.0. The molecule has 1 atom stereocenters. The predicted molar refractivity (Wildman–Crippen MR) is 70.9 cm³/mol. The van der Waals surface area contributed by atoms with Gasteiger partial charge in [0, 0.05) is 24.2 Å². The Kier molecular flexibility index (Phi) is 3.47. The first-order chi connectivity index (χ1) is 9.74. The van der Waals surface area contributed by atoms with E-state index < -0.39 is 6.10 Å². The number of β-amino-alcohol motifs (C(OH)–C–C–N with tert-alkyl or cyclic N) is 1. The quantitative estimate of drug-likeness (QED) is 0.893. The number of benzene rings is 1. The minimum absolute atomic E-state index is 0.0548. The minimum Gasteiger partial charge on any atom is -0.423 e. The van der Waals surface area contributed by atoms with Crippen LogP contribution in [0.15, 0.2) is 35.1 Å². The summed E-state index contributed by atoms with van der Waals surface area (Å²) < 4.78 is 5.10. The Bertz CT molecular complexity index is 580. The van der Waals surface area contributed by atoms with Gasteiger partial charge in [-0.3, -0.25) is 4.79 Å². The van der Waals surface area contributed by atoms with Crippen LogP contribution in [-0.4, -0.2) is 45.3 Å². The van der Waals surface area contributed by atoms with E-state index in [9.17, 15) is 9.90 Å². The molecule has 20 heavy (non-hydrogen) atoms. The normalized spacial score (nSPS) is 19.1. The molecule has 2 aromatic rings. The third-order valence-electron chi connectivity index (χ3n) is 3.42. The fraction of sp³-hybridized carbons (Fsp3) is 0.357. The summed E-state index contributed by atoms with van der Waals surface area (Å²) in [5, 5.41) is 17.1. The first kappa shape index (κ1) is 12.8. The molecule has 1 aliphatic rings. The molecule has 0 saturated carbocycles. The van der Waals surface area contributed by atoms with E-state index in [2.05, 4.69) is 10.2 Å².